The standard InChI is InChI=1S/C12H19N3O3/c1-9-6-10(15-14-9)11(17)13-7-12(8-16)2-4-18-5-3-12/h6,16H,2-5,7-8H2,1H3,(H,13,17)(H,14,15). The largest absolute Gasteiger partial charge is 0.396 e. The molecular weight excluding hydrogens is 234 g/mol. The van der Waals surface area contributed by atoms with Crippen LogP contribution in [0.3, 0.4) is 0 Å². The topological polar surface area (TPSA) is 87.2 Å². The van der Waals surface area contributed by atoms with Gasteiger partial charge in [-0.1, -0.05) is 0 Å². The molecule has 1 saturated heterocycles. The van der Waals surface area contributed by atoms with Gasteiger partial charge in [-0.05, 0) is 25.8 Å². The van der Waals surface area contributed by atoms with Crippen molar-refractivity contribution in [3.05, 3.63) is 17.5 Å². The number of nitrogens with zero attached hydrogens (tertiary/aromatic N) is 1. The first-order valence-corrected chi connectivity index (χ1v) is 6.14. The van der Waals surface area contributed by atoms with Crippen LogP contribution in [0, 0.1) is 12.3 Å². The fraction of sp³-hybridized carbons (Fsp3) is 0.667. The minimum atomic E-state index is -0.251. The summed E-state index contributed by atoms with van der Waals surface area (Å²) in [5, 5.41) is 19.0. The van der Waals surface area contributed by atoms with Crippen molar-refractivity contribution in [3.8, 4) is 0 Å². The van der Waals surface area contributed by atoms with E-state index in [4.69, 9.17) is 4.74 Å². The van der Waals surface area contributed by atoms with Crippen LogP contribution < -0.4 is 5.32 Å². The normalized spacial score (nSPS) is 18.6. The molecular formula is C12H19N3O3. The van der Waals surface area contributed by atoms with Gasteiger partial charge in [0.1, 0.15) is 5.69 Å². The van der Waals surface area contributed by atoms with Crippen LogP contribution in [-0.4, -0.2) is 47.6 Å². The van der Waals surface area contributed by atoms with Gasteiger partial charge in [-0.3, -0.25) is 9.89 Å². The molecule has 0 bridgehead atoms. The first kappa shape index (κ1) is 13.0. The molecule has 1 aliphatic heterocycles. The van der Waals surface area contributed by atoms with Gasteiger partial charge in [0.2, 0.25) is 0 Å². The maximum atomic E-state index is 11.9. The Morgan fingerprint density at radius 3 is 2.89 bits per heavy atom. The molecule has 2 heterocycles. The van der Waals surface area contributed by atoms with E-state index in [1.54, 1.807) is 6.07 Å². The van der Waals surface area contributed by atoms with Gasteiger partial charge in [0.25, 0.3) is 5.91 Å². The SMILES string of the molecule is Cc1cc(C(=O)NCC2(CO)CCOCC2)n[nH]1. The first-order chi connectivity index (χ1) is 8.65. The Kier molecular flexibility index (Phi) is 3.98. The first-order valence-electron chi connectivity index (χ1n) is 6.14. The van der Waals surface area contributed by atoms with E-state index in [-0.39, 0.29) is 17.9 Å². The molecule has 1 aromatic rings. The van der Waals surface area contributed by atoms with Crippen molar-refractivity contribution < 1.29 is 14.6 Å². The molecule has 18 heavy (non-hydrogen) atoms. The van der Waals surface area contributed by atoms with E-state index in [2.05, 4.69) is 15.5 Å². The van der Waals surface area contributed by atoms with Crippen LogP contribution in [0.4, 0.5) is 0 Å². The van der Waals surface area contributed by atoms with Gasteiger partial charge in [0.15, 0.2) is 0 Å². The predicted octanol–water partition coefficient (Wildman–Crippen LogP) is 0.237. The molecule has 0 atom stereocenters. The molecule has 100 valence electrons. The molecule has 1 amide bonds. The molecule has 1 aliphatic rings. The van der Waals surface area contributed by atoms with Crippen molar-refractivity contribution in [2.75, 3.05) is 26.4 Å². The lowest BCUT2D eigenvalue weighted by atomic mass is 9.81. The number of amides is 1. The fourth-order valence-corrected chi connectivity index (χ4v) is 2.09. The van der Waals surface area contributed by atoms with Crippen LogP contribution in [0.2, 0.25) is 0 Å². The van der Waals surface area contributed by atoms with Gasteiger partial charge in [0, 0.05) is 30.9 Å². The minimum absolute atomic E-state index is 0.0657. The molecule has 0 aliphatic carbocycles. The Balaban J connectivity index is 1.91. The van der Waals surface area contributed by atoms with Gasteiger partial charge in [0.05, 0.1) is 6.61 Å². The number of carbonyl (C=O) groups excluding carboxylic acids is 1. The van der Waals surface area contributed by atoms with Gasteiger partial charge in [-0.25, -0.2) is 0 Å². The lowest BCUT2D eigenvalue weighted by molar-refractivity contribution is -0.0146. The van der Waals surface area contributed by atoms with Crippen LogP contribution in [0.25, 0.3) is 0 Å². The fourth-order valence-electron chi connectivity index (χ4n) is 2.09. The van der Waals surface area contributed by atoms with Crippen LogP contribution in [-0.2, 0) is 4.74 Å². The minimum Gasteiger partial charge on any atom is -0.396 e. The Bertz CT molecular complexity index is 410. The molecule has 6 heteroatoms. The van der Waals surface area contributed by atoms with Crippen molar-refractivity contribution in [3.63, 3.8) is 0 Å². The second kappa shape index (κ2) is 5.49. The van der Waals surface area contributed by atoms with Gasteiger partial charge >= 0.3 is 0 Å². The van der Waals surface area contributed by atoms with Crippen molar-refractivity contribution in [1.29, 1.82) is 0 Å². The molecule has 3 N–H and O–H groups in total. The molecule has 1 fully saturated rings. The molecule has 2 rings (SSSR count). The van der Waals surface area contributed by atoms with Crippen LogP contribution in [0.1, 0.15) is 29.0 Å². The summed E-state index contributed by atoms with van der Waals surface area (Å²) in [6.07, 6.45) is 1.53. The number of hydrogen-bond acceptors (Lipinski definition) is 4. The average Bonchev–Trinajstić information content (AvgIpc) is 2.84. The summed E-state index contributed by atoms with van der Waals surface area (Å²) in [6, 6.07) is 1.70. The Morgan fingerprint density at radius 2 is 2.33 bits per heavy atom. The molecule has 0 unspecified atom stereocenters. The summed E-state index contributed by atoms with van der Waals surface area (Å²) in [4.78, 5) is 11.9. The number of nitrogens with one attached hydrogen (secondary N) is 2. The third-order valence-electron chi connectivity index (χ3n) is 3.45. The van der Waals surface area contributed by atoms with E-state index in [1.807, 2.05) is 6.92 Å². The lowest BCUT2D eigenvalue weighted by Gasteiger charge is -2.35. The van der Waals surface area contributed by atoms with Crippen LogP contribution in [0.5, 0.6) is 0 Å². The highest BCUT2D eigenvalue weighted by molar-refractivity contribution is 5.92. The molecule has 0 aromatic carbocycles. The lowest BCUT2D eigenvalue weighted by Crippen LogP contribution is -2.43. The monoisotopic (exact) mass is 253 g/mol. The second-order valence-electron chi connectivity index (χ2n) is 4.89. The second-order valence-corrected chi connectivity index (χ2v) is 4.89. The van der Waals surface area contributed by atoms with Gasteiger partial charge in [-0.15, -0.1) is 0 Å². The highest BCUT2D eigenvalue weighted by Crippen LogP contribution is 2.28. The quantitative estimate of drug-likeness (QED) is 0.717. The van der Waals surface area contributed by atoms with E-state index in [0.29, 0.717) is 25.5 Å². The molecule has 0 spiro atoms. The smallest absolute Gasteiger partial charge is 0.271 e. The number of rotatable bonds is 4. The third kappa shape index (κ3) is 2.88. The van der Waals surface area contributed by atoms with E-state index in [1.165, 1.54) is 0 Å². The number of hydrogen-bond donors (Lipinski definition) is 3. The maximum Gasteiger partial charge on any atom is 0.271 e. The number of aliphatic hydroxyl groups is 1. The Labute approximate surface area is 106 Å². The van der Waals surface area contributed by atoms with Gasteiger partial charge < -0.3 is 15.2 Å². The van der Waals surface area contributed by atoms with E-state index >= 15 is 0 Å². The Hall–Kier alpha value is -1.40. The molecule has 0 saturated carbocycles. The van der Waals surface area contributed by atoms with Crippen molar-refractivity contribution in [1.82, 2.24) is 15.5 Å². The molecule has 0 radical (unpaired) electrons. The zero-order chi connectivity index (χ0) is 13.0. The summed E-state index contributed by atoms with van der Waals surface area (Å²) >= 11 is 0. The van der Waals surface area contributed by atoms with Crippen LogP contribution in [0.15, 0.2) is 6.07 Å². The maximum absolute atomic E-state index is 11.9. The summed E-state index contributed by atoms with van der Waals surface area (Å²) < 4.78 is 5.28. The predicted molar refractivity (Wildman–Crippen MR) is 65.2 cm³/mol. The number of aromatic nitrogens is 2. The summed E-state index contributed by atoms with van der Waals surface area (Å²) in [7, 11) is 0. The van der Waals surface area contributed by atoms with Crippen LogP contribution >= 0.6 is 0 Å². The summed E-state index contributed by atoms with van der Waals surface area (Å²) in [5.41, 5.74) is 0.981. The zero-order valence-electron chi connectivity index (χ0n) is 10.5. The highest BCUT2D eigenvalue weighted by atomic mass is 16.5. The van der Waals surface area contributed by atoms with E-state index in [9.17, 15) is 9.90 Å². The van der Waals surface area contributed by atoms with Gasteiger partial charge in [-0.2, -0.15) is 5.10 Å². The summed E-state index contributed by atoms with van der Waals surface area (Å²) in [5.74, 6) is -0.210. The number of aliphatic hydroxyl groups excluding tert-OH is 1. The average molecular weight is 253 g/mol. The van der Waals surface area contributed by atoms with E-state index in [0.717, 1.165) is 18.5 Å². The third-order valence-corrected chi connectivity index (χ3v) is 3.45. The number of aromatic amines is 1. The number of carbonyl (C=O) groups is 1. The van der Waals surface area contributed by atoms with E-state index < -0.39 is 0 Å². The number of aryl methyl sites for hydroxylation is 1. The van der Waals surface area contributed by atoms with Crippen molar-refractivity contribution in [2.24, 2.45) is 5.41 Å². The number of ether oxygens (including phenoxy) is 1. The highest BCUT2D eigenvalue weighted by Gasteiger charge is 2.32. The number of H-pyrrole nitrogens is 1. The summed E-state index contributed by atoms with van der Waals surface area (Å²) in [6.45, 7) is 3.64. The Morgan fingerprint density at radius 1 is 1.61 bits per heavy atom. The molecule has 6 nitrogen and oxygen atoms in total. The molecule has 1 aromatic heterocycles. The zero-order valence-corrected chi connectivity index (χ0v) is 10.5. The van der Waals surface area contributed by atoms with Crippen molar-refractivity contribution >= 4 is 5.91 Å². The van der Waals surface area contributed by atoms with Crippen molar-refractivity contribution in [2.45, 2.75) is 19.8 Å².